The summed E-state index contributed by atoms with van der Waals surface area (Å²) < 4.78 is 0. The molecule has 5 rings (SSSR count). The van der Waals surface area contributed by atoms with E-state index in [1.165, 1.54) is 6.42 Å². The van der Waals surface area contributed by atoms with Crippen LogP contribution in [0.2, 0.25) is 0 Å². The molecule has 0 aliphatic carbocycles. The second kappa shape index (κ2) is 7.23. The maximum Gasteiger partial charge on any atom is 0.254 e. The van der Waals surface area contributed by atoms with Crippen LogP contribution in [0.1, 0.15) is 35.2 Å². The summed E-state index contributed by atoms with van der Waals surface area (Å²) in [4.78, 5) is 24.6. The average Bonchev–Trinajstić information content (AvgIpc) is 3.21. The van der Waals surface area contributed by atoms with Crippen LogP contribution in [0, 0.1) is 12.3 Å². The van der Waals surface area contributed by atoms with Crippen molar-refractivity contribution >= 4 is 16.8 Å². The summed E-state index contributed by atoms with van der Waals surface area (Å²) >= 11 is 0. The van der Waals surface area contributed by atoms with Gasteiger partial charge in [0, 0.05) is 43.0 Å². The van der Waals surface area contributed by atoms with Crippen LogP contribution in [0.25, 0.3) is 22.2 Å². The molecule has 2 aliphatic rings. The molecule has 2 fully saturated rings. The number of likely N-dealkylation sites (tertiary alicyclic amines) is 1. The predicted octanol–water partition coefficient (Wildman–Crippen LogP) is 3.82. The van der Waals surface area contributed by atoms with Gasteiger partial charge in [0.05, 0.1) is 16.8 Å². The number of carbonyl (C=O) groups excluding carboxylic acids is 1. The van der Waals surface area contributed by atoms with E-state index in [4.69, 9.17) is 4.98 Å². The topological polar surface area (TPSA) is 58.1 Å². The number of amides is 1. The van der Waals surface area contributed by atoms with Crippen molar-refractivity contribution in [3.05, 3.63) is 59.9 Å². The zero-order valence-electron chi connectivity index (χ0n) is 16.8. The maximum atomic E-state index is 13.6. The van der Waals surface area contributed by atoms with Crippen molar-refractivity contribution in [2.45, 2.75) is 26.2 Å². The van der Waals surface area contributed by atoms with Crippen LogP contribution in [-0.2, 0) is 0 Å². The highest BCUT2D eigenvalue weighted by molar-refractivity contribution is 6.07. The number of aromatic nitrogens is 2. The van der Waals surface area contributed by atoms with E-state index in [9.17, 15) is 4.79 Å². The van der Waals surface area contributed by atoms with E-state index < -0.39 is 0 Å². The van der Waals surface area contributed by atoms with Gasteiger partial charge in [-0.1, -0.05) is 11.6 Å². The predicted molar refractivity (Wildman–Crippen MR) is 115 cm³/mol. The van der Waals surface area contributed by atoms with Crippen LogP contribution < -0.4 is 5.32 Å². The highest BCUT2D eigenvalue weighted by atomic mass is 16.2. The van der Waals surface area contributed by atoms with E-state index in [1.807, 2.05) is 35.2 Å². The Morgan fingerprint density at radius 1 is 1.14 bits per heavy atom. The number of pyridine rings is 2. The number of aryl methyl sites for hydroxylation is 1. The lowest BCUT2D eigenvalue weighted by Gasteiger charge is -2.39. The Morgan fingerprint density at radius 3 is 2.72 bits per heavy atom. The van der Waals surface area contributed by atoms with Crippen LogP contribution in [0.15, 0.2) is 48.8 Å². The van der Waals surface area contributed by atoms with Gasteiger partial charge in [0.25, 0.3) is 5.91 Å². The fourth-order valence-electron chi connectivity index (χ4n) is 4.76. The number of hydrogen-bond donors (Lipinski definition) is 1. The second-order valence-corrected chi connectivity index (χ2v) is 8.54. The van der Waals surface area contributed by atoms with Crippen molar-refractivity contribution in [2.24, 2.45) is 5.41 Å². The SMILES string of the molecule is Cc1ccc2nc(-c3cccnc3)cc(C(=O)N3CCC4(CCNC4)CC3)c2c1. The molecule has 2 aliphatic heterocycles. The molecule has 1 amide bonds. The van der Waals surface area contributed by atoms with Crippen LogP contribution in [0.3, 0.4) is 0 Å². The van der Waals surface area contributed by atoms with Crippen molar-refractivity contribution in [3.63, 3.8) is 0 Å². The molecule has 2 aromatic heterocycles. The quantitative estimate of drug-likeness (QED) is 0.727. The molecular formula is C24H26N4O. The molecule has 0 saturated carbocycles. The molecule has 0 bridgehead atoms. The third-order valence-corrected chi connectivity index (χ3v) is 6.60. The zero-order valence-corrected chi connectivity index (χ0v) is 16.8. The Kier molecular flexibility index (Phi) is 4.55. The molecule has 0 atom stereocenters. The molecule has 29 heavy (non-hydrogen) atoms. The molecular weight excluding hydrogens is 360 g/mol. The van der Waals surface area contributed by atoms with Crippen LogP contribution in [0.5, 0.6) is 0 Å². The van der Waals surface area contributed by atoms with E-state index in [-0.39, 0.29) is 5.91 Å². The molecule has 0 unspecified atom stereocenters. The van der Waals surface area contributed by atoms with E-state index in [1.54, 1.807) is 12.4 Å². The maximum absolute atomic E-state index is 13.6. The molecule has 2 saturated heterocycles. The Bertz CT molecular complexity index is 1050. The molecule has 1 N–H and O–H groups in total. The highest BCUT2D eigenvalue weighted by Gasteiger charge is 2.38. The van der Waals surface area contributed by atoms with Gasteiger partial charge >= 0.3 is 0 Å². The monoisotopic (exact) mass is 386 g/mol. The average molecular weight is 386 g/mol. The number of benzene rings is 1. The molecule has 3 aromatic rings. The van der Waals surface area contributed by atoms with Crippen LogP contribution in [0.4, 0.5) is 0 Å². The molecule has 4 heterocycles. The number of rotatable bonds is 2. The van der Waals surface area contributed by atoms with Gasteiger partial charge in [0.15, 0.2) is 0 Å². The minimum absolute atomic E-state index is 0.119. The van der Waals surface area contributed by atoms with E-state index in [2.05, 4.69) is 23.3 Å². The molecule has 1 aromatic carbocycles. The lowest BCUT2D eigenvalue weighted by atomic mass is 9.77. The summed E-state index contributed by atoms with van der Waals surface area (Å²) in [5, 5.41) is 4.43. The standard InChI is InChI=1S/C24H26N4O/c1-17-4-5-21-19(13-17)20(14-22(27-21)18-3-2-9-25-15-18)23(29)28-11-7-24(8-12-28)6-10-26-16-24/h2-5,9,13-15,26H,6-8,10-12,16H2,1H3. The highest BCUT2D eigenvalue weighted by Crippen LogP contribution is 2.37. The molecule has 148 valence electrons. The van der Waals surface area contributed by atoms with Gasteiger partial charge in [-0.15, -0.1) is 0 Å². The lowest BCUT2D eigenvalue weighted by Crippen LogP contribution is -2.44. The molecule has 1 spiro atoms. The van der Waals surface area contributed by atoms with Gasteiger partial charge in [-0.3, -0.25) is 9.78 Å². The Labute approximate surface area is 171 Å². The summed E-state index contributed by atoms with van der Waals surface area (Å²) in [6.07, 6.45) is 6.96. The van der Waals surface area contributed by atoms with Crippen molar-refractivity contribution in [2.75, 3.05) is 26.2 Å². The van der Waals surface area contributed by atoms with Crippen molar-refractivity contribution in [3.8, 4) is 11.3 Å². The molecule has 5 heteroatoms. The fourth-order valence-corrected chi connectivity index (χ4v) is 4.76. The van der Waals surface area contributed by atoms with Gasteiger partial charge in [-0.25, -0.2) is 4.98 Å². The number of nitrogens with zero attached hydrogens (tertiary/aromatic N) is 3. The first kappa shape index (κ1) is 18.3. The van der Waals surface area contributed by atoms with Gasteiger partial charge in [-0.05, 0) is 68.5 Å². The number of hydrogen-bond acceptors (Lipinski definition) is 4. The summed E-state index contributed by atoms with van der Waals surface area (Å²) in [5.41, 5.74) is 4.86. The third-order valence-electron chi connectivity index (χ3n) is 6.60. The first-order valence-corrected chi connectivity index (χ1v) is 10.5. The smallest absolute Gasteiger partial charge is 0.254 e. The summed E-state index contributed by atoms with van der Waals surface area (Å²) in [6.45, 7) is 5.92. The Balaban J connectivity index is 1.52. The summed E-state index contributed by atoms with van der Waals surface area (Å²) in [6, 6.07) is 12.0. The minimum atomic E-state index is 0.119. The normalized spacial score (nSPS) is 18.4. The first-order chi connectivity index (χ1) is 14.1. The number of piperidine rings is 1. The molecule has 5 nitrogen and oxygen atoms in total. The lowest BCUT2D eigenvalue weighted by molar-refractivity contribution is 0.0609. The van der Waals surface area contributed by atoms with Gasteiger partial charge in [0.2, 0.25) is 0 Å². The van der Waals surface area contributed by atoms with E-state index in [0.717, 1.165) is 72.3 Å². The van der Waals surface area contributed by atoms with E-state index in [0.29, 0.717) is 5.41 Å². The van der Waals surface area contributed by atoms with E-state index >= 15 is 0 Å². The number of carbonyl (C=O) groups is 1. The summed E-state index contributed by atoms with van der Waals surface area (Å²) in [5.74, 6) is 0.119. The van der Waals surface area contributed by atoms with Crippen molar-refractivity contribution < 1.29 is 4.79 Å². The second-order valence-electron chi connectivity index (χ2n) is 8.54. The Hall–Kier alpha value is -2.79. The number of nitrogens with one attached hydrogen (secondary N) is 1. The largest absolute Gasteiger partial charge is 0.339 e. The van der Waals surface area contributed by atoms with Gasteiger partial charge < -0.3 is 10.2 Å². The third kappa shape index (κ3) is 3.40. The summed E-state index contributed by atoms with van der Waals surface area (Å²) in [7, 11) is 0. The van der Waals surface area contributed by atoms with Crippen molar-refractivity contribution in [1.29, 1.82) is 0 Å². The van der Waals surface area contributed by atoms with Gasteiger partial charge in [0.1, 0.15) is 0 Å². The zero-order chi connectivity index (χ0) is 19.8. The number of fused-ring (bicyclic) bond motifs is 1. The molecule has 0 radical (unpaired) electrons. The van der Waals surface area contributed by atoms with Crippen LogP contribution in [-0.4, -0.2) is 47.0 Å². The first-order valence-electron chi connectivity index (χ1n) is 10.5. The minimum Gasteiger partial charge on any atom is -0.339 e. The fraction of sp³-hybridized carbons (Fsp3) is 0.375. The van der Waals surface area contributed by atoms with Crippen LogP contribution >= 0.6 is 0 Å². The van der Waals surface area contributed by atoms with Gasteiger partial charge in [-0.2, -0.15) is 0 Å². The Morgan fingerprint density at radius 2 is 2.00 bits per heavy atom. The van der Waals surface area contributed by atoms with Crippen molar-refractivity contribution in [1.82, 2.24) is 20.2 Å².